The Labute approximate surface area is 146 Å². The Kier molecular flexibility index (Phi) is 3.21. The van der Waals surface area contributed by atoms with Crippen molar-refractivity contribution in [1.82, 2.24) is 4.98 Å². The molecule has 1 aliphatic heterocycles. The van der Waals surface area contributed by atoms with Crippen LogP contribution in [0.5, 0.6) is 5.75 Å². The number of aliphatic hydroxyl groups excluding tert-OH is 1. The van der Waals surface area contributed by atoms with E-state index in [2.05, 4.69) is 4.98 Å². The Morgan fingerprint density at radius 2 is 2.00 bits per heavy atom. The zero-order valence-corrected chi connectivity index (χ0v) is 14.5. The van der Waals surface area contributed by atoms with Crippen molar-refractivity contribution < 1.29 is 19.3 Å². The molecule has 1 saturated heterocycles. The molecule has 3 aliphatic rings. The quantitative estimate of drug-likeness (QED) is 0.910. The summed E-state index contributed by atoms with van der Waals surface area (Å²) in [5.74, 6) is 0.240. The summed E-state index contributed by atoms with van der Waals surface area (Å²) < 4.78 is 18.2. The average Bonchev–Trinajstić information content (AvgIpc) is 3.00. The summed E-state index contributed by atoms with van der Waals surface area (Å²) in [5, 5.41) is 11.5. The van der Waals surface area contributed by atoms with Gasteiger partial charge in [-0.05, 0) is 51.3 Å². The highest BCUT2D eigenvalue weighted by atomic mass is 16.8. The molecule has 0 amide bonds. The van der Waals surface area contributed by atoms with Gasteiger partial charge in [0.2, 0.25) is 0 Å². The molecule has 0 bridgehead atoms. The molecule has 5 nitrogen and oxygen atoms in total. The van der Waals surface area contributed by atoms with Crippen molar-refractivity contribution >= 4 is 10.9 Å². The van der Waals surface area contributed by atoms with Crippen LogP contribution in [0.4, 0.5) is 0 Å². The summed E-state index contributed by atoms with van der Waals surface area (Å²) >= 11 is 0. The monoisotopic (exact) mass is 341 g/mol. The van der Waals surface area contributed by atoms with E-state index in [-0.39, 0.29) is 23.7 Å². The van der Waals surface area contributed by atoms with Crippen molar-refractivity contribution in [3.05, 3.63) is 36.5 Å². The van der Waals surface area contributed by atoms with E-state index < -0.39 is 11.9 Å². The molecule has 1 N–H and O–H groups in total. The van der Waals surface area contributed by atoms with Gasteiger partial charge in [0.25, 0.3) is 0 Å². The van der Waals surface area contributed by atoms with Gasteiger partial charge in [0, 0.05) is 23.1 Å². The Morgan fingerprint density at radius 1 is 1.16 bits per heavy atom. The summed E-state index contributed by atoms with van der Waals surface area (Å²) in [6.45, 7) is 3.83. The van der Waals surface area contributed by atoms with E-state index in [4.69, 9.17) is 14.2 Å². The molecule has 1 aromatic heterocycles. The molecule has 132 valence electrons. The van der Waals surface area contributed by atoms with Gasteiger partial charge < -0.3 is 19.3 Å². The molecule has 2 aromatic rings. The summed E-state index contributed by atoms with van der Waals surface area (Å²) in [7, 11) is 0. The first-order valence-electron chi connectivity index (χ1n) is 8.99. The molecule has 25 heavy (non-hydrogen) atoms. The third-order valence-electron chi connectivity index (χ3n) is 5.88. The van der Waals surface area contributed by atoms with Crippen molar-refractivity contribution in [1.29, 1.82) is 0 Å². The van der Waals surface area contributed by atoms with Crippen molar-refractivity contribution in [2.24, 2.45) is 5.41 Å². The maximum Gasteiger partial charge on any atom is 0.163 e. The Bertz CT molecular complexity index is 814. The number of nitrogens with zero attached hydrogens (tertiary/aromatic N) is 1. The Balaban J connectivity index is 1.30. The van der Waals surface area contributed by atoms with Crippen molar-refractivity contribution in [3.8, 4) is 5.75 Å². The van der Waals surface area contributed by atoms with Crippen LogP contribution in [-0.2, 0) is 9.47 Å². The fourth-order valence-electron chi connectivity index (χ4n) is 4.83. The third kappa shape index (κ3) is 2.45. The van der Waals surface area contributed by atoms with Crippen molar-refractivity contribution in [2.45, 2.75) is 63.3 Å². The van der Waals surface area contributed by atoms with Crippen LogP contribution in [0.15, 0.2) is 36.5 Å². The molecular weight excluding hydrogens is 318 g/mol. The predicted molar refractivity (Wildman–Crippen MR) is 92.3 cm³/mol. The lowest BCUT2D eigenvalue weighted by molar-refractivity contribution is -0.190. The van der Waals surface area contributed by atoms with Crippen LogP contribution in [0.3, 0.4) is 0 Å². The third-order valence-corrected chi connectivity index (χ3v) is 5.88. The molecule has 3 atom stereocenters. The van der Waals surface area contributed by atoms with Crippen molar-refractivity contribution in [3.63, 3.8) is 0 Å². The Morgan fingerprint density at radius 3 is 2.84 bits per heavy atom. The summed E-state index contributed by atoms with van der Waals surface area (Å²) in [6, 6.07) is 10.0. The highest BCUT2D eigenvalue weighted by Crippen LogP contribution is 2.59. The number of fused-ring (bicyclic) bond motifs is 3. The largest absolute Gasteiger partial charge is 0.490 e. The molecule has 2 heterocycles. The van der Waals surface area contributed by atoms with Crippen LogP contribution in [0.2, 0.25) is 0 Å². The van der Waals surface area contributed by atoms with Crippen molar-refractivity contribution in [2.75, 3.05) is 0 Å². The minimum Gasteiger partial charge on any atom is -0.490 e. The second-order valence-corrected chi connectivity index (χ2v) is 8.16. The lowest BCUT2D eigenvalue weighted by atomic mass is 9.64. The minimum absolute atomic E-state index is 0.0163. The second kappa shape index (κ2) is 5.16. The minimum atomic E-state index is -0.611. The SMILES string of the molecule is CC1(C)O[C@H]2[C@@H](O)C[C@]3(C[C@H](Oc4ccc5cccnc5c4)C3)[C@H]2O1. The Hall–Kier alpha value is -1.69. The molecule has 0 radical (unpaired) electrons. The van der Waals surface area contributed by atoms with E-state index in [0.29, 0.717) is 0 Å². The zero-order chi connectivity index (χ0) is 17.2. The molecule has 5 rings (SSSR count). The topological polar surface area (TPSA) is 60.8 Å². The van der Waals surface area contributed by atoms with E-state index in [1.165, 1.54) is 0 Å². The fourth-order valence-corrected chi connectivity index (χ4v) is 4.83. The van der Waals surface area contributed by atoms with Crippen LogP contribution in [-0.4, -0.2) is 40.3 Å². The van der Waals surface area contributed by atoms with Gasteiger partial charge in [-0.25, -0.2) is 0 Å². The van der Waals surface area contributed by atoms with Gasteiger partial charge in [-0.15, -0.1) is 0 Å². The van der Waals surface area contributed by atoms with Crippen LogP contribution in [0.1, 0.15) is 33.1 Å². The first-order valence-corrected chi connectivity index (χ1v) is 8.99. The van der Waals surface area contributed by atoms with Gasteiger partial charge in [0.15, 0.2) is 5.79 Å². The number of aromatic nitrogens is 1. The summed E-state index contributed by atoms with van der Waals surface area (Å²) in [6.07, 6.45) is 3.78. The van der Waals surface area contributed by atoms with E-state index in [0.717, 1.165) is 35.9 Å². The smallest absolute Gasteiger partial charge is 0.163 e. The summed E-state index contributed by atoms with van der Waals surface area (Å²) in [4.78, 5) is 4.38. The fraction of sp³-hybridized carbons (Fsp3) is 0.550. The molecular formula is C20H23NO4. The van der Waals surface area contributed by atoms with Crippen LogP contribution in [0, 0.1) is 5.41 Å². The first kappa shape index (κ1) is 15.6. The molecule has 5 heteroatoms. The van der Waals surface area contributed by atoms with Gasteiger partial charge in [0.1, 0.15) is 11.9 Å². The predicted octanol–water partition coefficient (Wildman–Crippen LogP) is 3.05. The standard InChI is InChI=1S/C20H23NO4/c1-19(2)24-17-16(22)11-20(18(17)25-19)9-14(10-20)23-13-6-5-12-4-3-7-21-15(12)8-13/h3-8,14,16-18,22H,9-11H2,1-2H3/t14-,16-,17-,18-,20+/m0/s1. The molecule has 1 aromatic carbocycles. The number of hydrogen-bond donors (Lipinski definition) is 1. The highest BCUT2D eigenvalue weighted by molar-refractivity contribution is 5.79. The van der Waals surface area contributed by atoms with Crippen LogP contribution < -0.4 is 4.74 Å². The number of hydrogen-bond acceptors (Lipinski definition) is 5. The maximum atomic E-state index is 10.4. The van der Waals surface area contributed by atoms with E-state index in [9.17, 15) is 5.11 Å². The van der Waals surface area contributed by atoms with Crippen LogP contribution in [0.25, 0.3) is 10.9 Å². The number of aliphatic hydroxyl groups is 1. The number of rotatable bonds is 2. The average molecular weight is 341 g/mol. The molecule has 2 aliphatic carbocycles. The zero-order valence-electron chi connectivity index (χ0n) is 14.5. The highest BCUT2D eigenvalue weighted by Gasteiger charge is 2.65. The van der Waals surface area contributed by atoms with E-state index >= 15 is 0 Å². The molecule has 3 fully saturated rings. The van der Waals surface area contributed by atoms with E-state index in [1.807, 2.05) is 44.2 Å². The molecule has 0 unspecified atom stereocenters. The molecule has 1 spiro atoms. The number of ether oxygens (including phenoxy) is 3. The maximum absolute atomic E-state index is 10.4. The molecule has 2 saturated carbocycles. The van der Waals surface area contributed by atoms with Gasteiger partial charge in [-0.3, -0.25) is 4.98 Å². The van der Waals surface area contributed by atoms with Gasteiger partial charge in [0.05, 0.1) is 23.8 Å². The number of pyridine rings is 1. The lowest BCUT2D eigenvalue weighted by Crippen LogP contribution is -2.50. The lowest BCUT2D eigenvalue weighted by Gasteiger charge is -2.47. The van der Waals surface area contributed by atoms with Gasteiger partial charge >= 0.3 is 0 Å². The van der Waals surface area contributed by atoms with Crippen LogP contribution >= 0.6 is 0 Å². The van der Waals surface area contributed by atoms with E-state index in [1.54, 1.807) is 6.20 Å². The number of benzene rings is 1. The first-order chi connectivity index (χ1) is 11.9. The summed E-state index contributed by atoms with van der Waals surface area (Å²) in [5.41, 5.74) is 0.928. The normalized spacial score (nSPS) is 38.7. The van der Waals surface area contributed by atoms with Gasteiger partial charge in [-0.1, -0.05) is 6.07 Å². The van der Waals surface area contributed by atoms with Gasteiger partial charge in [-0.2, -0.15) is 0 Å². The second-order valence-electron chi connectivity index (χ2n) is 8.16.